The third-order valence-corrected chi connectivity index (χ3v) is 4.72. The van der Waals surface area contributed by atoms with Gasteiger partial charge in [0.15, 0.2) is 0 Å². The van der Waals surface area contributed by atoms with Gasteiger partial charge in [-0.1, -0.05) is 18.2 Å². The molecule has 2 N–H and O–H groups in total. The van der Waals surface area contributed by atoms with E-state index in [2.05, 4.69) is 9.88 Å². The van der Waals surface area contributed by atoms with Crippen LogP contribution in [0.15, 0.2) is 36.4 Å². The topological polar surface area (TPSA) is 54.3 Å². The second kappa shape index (κ2) is 6.59. The highest BCUT2D eigenvalue weighted by molar-refractivity contribution is 5.96. The molecule has 122 valence electrons. The number of nitrogens with one attached hydrogen (secondary N) is 1. The maximum atomic E-state index is 12.6. The Balaban J connectivity index is 1.79. The Morgan fingerprint density at radius 2 is 1.78 bits per heavy atom. The van der Waals surface area contributed by atoms with Gasteiger partial charge in [0.1, 0.15) is 0 Å². The number of aliphatic hydroxyl groups excluding tert-OH is 1. The van der Waals surface area contributed by atoms with Gasteiger partial charge in [0, 0.05) is 23.1 Å². The third kappa shape index (κ3) is 3.32. The number of benzene rings is 1. The summed E-state index contributed by atoms with van der Waals surface area (Å²) < 4.78 is 2.11. The molecule has 1 amide bonds. The highest BCUT2D eigenvalue weighted by Gasteiger charge is 2.23. The van der Waals surface area contributed by atoms with Gasteiger partial charge in [0.25, 0.3) is 5.91 Å². The van der Waals surface area contributed by atoms with E-state index in [1.54, 1.807) is 0 Å². The smallest absolute Gasteiger partial charge is 0.253 e. The Morgan fingerprint density at radius 1 is 1.13 bits per heavy atom. The van der Waals surface area contributed by atoms with E-state index in [-0.39, 0.29) is 18.1 Å². The lowest BCUT2D eigenvalue weighted by molar-refractivity contribution is 0.0867. The summed E-state index contributed by atoms with van der Waals surface area (Å²) >= 11 is 0. The van der Waals surface area contributed by atoms with Crippen LogP contribution >= 0.6 is 0 Å². The lowest BCUT2D eigenvalue weighted by atomic mass is 9.93. The molecule has 0 unspecified atom stereocenters. The number of hydrogen-bond donors (Lipinski definition) is 2. The largest absolute Gasteiger partial charge is 0.393 e. The Bertz CT molecular complexity index is 683. The van der Waals surface area contributed by atoms with Crippen LogP contribution in [-0.2, 0) is 0 Å². The van der Waals surface area contributed by atoms with Gasteiger partial charge in [-0.25, -0.2) is 0 Å². The number of aliphatic hydroxyl groups is 1. The highest BCUT2D eigenvalue weighted by Crippen LogP contribution is 2.22. The van der Waals surface area contributed by atoms with Gasteiger partial charge in [0.05, 0.1) is 11.7 Å². The molecule has 0 atom stereocenters. The summed E-state index contributed by atoms with van der Waals surface area (Å²) in [5.41, 5.74) is 3.82. The molecule has 1 aliphatic carbocycles. The summed E-state index contributed by atoms with van der Waals surface area (Å²) in [4.78, 5) is 12.6. The summed E-state index contributed by atoms with van der Waals surface area (Å²) in [7, 11) is 0. The predicted molar refractivity (Wildman–Crippen MR) is 91.0 cm³/mol. The molecule has 0 radical (unpaired) electrons. The first-order valence-corrected chi connectivity index (χ1v) is 8.29. The van der Waals surface area contributed by atoms with Crippen LogP contribution in [0.4, 0.5) is 0 Å². The summed E-state index contributed by atoms with van der Waals surface area (Å²) in [5.74, 6) is -0.0123. The van der Waals surface area contributed by atoms with E-state index in [4.69, 9.17) is 0 Å². The zero-order valence-electron chi connectivity index (χ0n) is 13.7. The van der Waals surface area contributed by atoms with Crippen molar-refractivity contribution in [2.75, 3.05) is 0 Å². The Hall–Kier alpha value is -2.07. The number of aryl methyl sites for hydroxylation is 1. The number of para-hydroxylation sites is 1. The quantitative estimate of drug-likeness (QED) is 0.915. The van der Waals surface area contributed by atoms with Crippen LogP contribution in [0, 0.1) is 13.8 Å². The van der Waals surface area contributed by atoms with Crippen LogP contribution in [-0.4, -0.2) is 27.7 Å². The molecular formula is C19H24N2O2. The highest BCUT2D eigenvalue weighted by atomic mass is 16.3. The molecule has 3 rings (SSSR count). The molecule has 1 aliphatic rings. The van der Waals surface area contributed by atoms with Crippen LogP contribution in [0.1, 0.15) is 47.4 Å². The maximum Gasteiger partial charge on any atom is 0.253 e. The van der Waals surface area contributed by atoms with Crippen molar-refractivity contribution < 1.29 is 9.90 Å². The van der Waals surface area contributed by atoms with Crippen molar-refractivity contribution in [2.45, 2.75) is 51.7 Å². The Labute approximate surface area is 137 Å². The van der Waals surface area contributed by atoms with Crippen molar-refractivity contribution in [3.05, 3.63) is 53.3 Å². The summed E-state index contributed by atoms with van der Waals surface area (Å²) in [6.45, 7) is 4.01. The first kappa shape index (κ1) is 15.8. The molecule has 1 fully saturated rings. The predicted octanol–water partition coefficient (Wildman–Crippen LogP) is 3.13. The summed E-state index contributed by atoms with van der Waals surface area (Å²) in [5, 5.41) is 12.7. The van der Waals surface area contributed by atoms with E-state index in [0.29, 0.717) is 0 Å². The summed E-state index contributed by atoms with van der Waals surface area (Å²) in [6.07, 6.45) is 3.04. The van der Waals surface area contributed by atoms with Crippen LogP contribution in [0.2, 0.25) is 0 Å². The molecular weight excluding hydrogens is 288 g/mol. The fourth-order valence-corrected chi connectivity index (χ4v) is 3.45. The number of hydrogen-bond acceptors (Lipinski definition) is 2. The van der Waals surface area contributed by atoms with Gasteiger partial charge < -0.3 is 15.0 Å². The zero-order valence-corrected chi connectivity index (χ0v) is 13.7. The lowest BCUT2D eigenvalue weighted by Gasteiger charge is -2.26. The molecule has 1 aromatic carbocycles. The molecule has 4 nitrogen and oxygen atoms in total. The molecule has 2 aromatic rings. The van der Waals surface area contributed by atoms with Gasteiger partial charge in [-0.05, 0) is 57.7 Å². The second-order valence-corrected chi connectivity index (χ2v) is 6.43. The fraction of sp³-hybridized carbons (Fsp3) is 0.421. The van der Waals surface area contributed by atoms with E-state index in [1.165, 1.54) is 0 Å². The fourth-order valence-electron chi connectivity index (χ4n) is 3.45. The Kier molecular flexibility index (Phi) is 4.53. The monoisotopic (exact) mass is 312 g/mol. The molecule has 1 aromatic heterocycles. The van der Waals surface area contributed by atoms with Gasteiger partial charge in [-0.2, -0.15) is 0 Å². The van der Waals surface area contributed by atoms with E-state index >= 15 is 0 Å². The van der Waals surface area contributed by atoms with E-state index in [9.17, 15) is 9.90 Å². The second-order valence-electron chi connectivity index (χ2n) is 6.43. The normalized spacial score (nSPS) is 21.2. The molecule has 0 bridgehead atoms. The molecule has 0 saturated heterocycles. The molecule has 1 saturated carbocycles. The number of carbonyl (C=O) groups is 1. The average molecular weight is 312 g/mol. The first-order valence-electron chi connectivity index (χ1n) is 8.29. The number of carbonyl (C=O) groups excluding carboxylic acids is 1. The number of amides is 1. The minimum Gasteiger partial charge on any atom is -0.393 e. The minimum atomic E-state index is -0.203. The molecule has 1 heterocycles. The van der Waals surface area contributed by atoms with Crippen LogP contribution in [0.25, 0.3) is 5.69 Å². The minimum absolute atomic E-state index is 0.0123. The van der Waals surface area contributed by atoms with Crippen LogP contribution < -0.4 is 5.32 Å². The average Bonchev–Trinajstić information content (AvgIpc) is 2.85. The van der Waals surface area contributed by atoms with Crippen LogP contribution in [0.5, 0.6) is 0 Å². The summed E-state index contributed by atoms with van der Waals surface area (Å²) in [6, 6.07) is 12.2. The Morgan fingerprint density at radius 3 is 2.43 bits per heavy atom. The molecule has 0 aliphatic heterocycles. The molecule has 23 heavy (non-hydrogen) atoms. The molecule has 4 heteroatoms. The van der Waals surface area contributed by atoms with E-state index in [0.717, 1.165) is 48.3 Å². The SMILES string of the molecule is Cc1cc(C(=O)NC2CCC(O)CC2)c(C)n1-c1ccccc1. The zero-order chi connectivity index (χ0) is 16.4. The van der Waals surface area contributed by atoms with Crippen molar-refractivity contribution in [2.24, 2.45) is 0 Å². The van der Waals surface area contributed by atoms with Crippen molar-refractivity contribution >= 4 is 5.91 Å². The van der Waals surface area contributed by atoms with Gasteiger partial charge in [-0.15, -0.1) is 0 Å². The van der Waals surface area contributed by atoms with Gasteiger partial charge in [-0.3, -0.25) is 4.79 Å². The number of aromatic nitrogens is 1. The van der Waals surface area contributed by atoms with Crippen molar-refractivity contribution in [1.82, 2.24) is 9.88 Å². The van der Waals surface area contributed by atoms with Gasteiger partial charge >= 0.3 is 0 Å². The number of nitrogens with zero attached hydrogens (tertiary/aromatic N) is 1. The van der Waals surface area contributed by atoms with Crippen molar-refractivity contribution in [1.29, 1.82) is 0 Å². The third-order valence-electron chi connectivity index (χ3n) is 4.72. The standard InChI is InChI=1S/C19H24N2O2/c1-13-12-18(14(2)21(13)16-6-4-3-5-7-16)19(23)20-15-8-10-17(22)11-9-15/h3-7,12,15,17,22H,8-11H2,1-2H3,(H,20,23). The van der Waals surface area contributed by atoms with Crippen molar-refractivity contribution in [3.63, 3.8) is 0 Å². The molecule has 0 spiro atoms. The van der Waals surface area contributed by atoms with Crippen LogP contribution in [0.3, 0.4) is 0 Å². The lowest BCUT2D eigenvalue weighted by Crippen LogP contribution is -2.38. The van der Waals surface area contributed by atoms with Crippen molar-refractivity contribution in [3.8, 4) is 5.69 Å². The first-order chi connectivity index (χ1) is 11.1. The van der Waals surface area contributed by atoms with E-state index in [1.807, 2.05) is 50.2 Å². The van der Waals surface area contributed by atoms with E-state index < -0.39 is 0 Å². The maximum absolute atomic E-state index is 12.6. The van der Waals surface area contributed by atoms with Gasteiger partial charge in [0.2, 0.25) is 0 Å². The number of rotatable bonds is 3.